The number of oxazole rings is 1. The van der Waals surface area contributed by atoms with Crippen molar-refractivity contribution in [3.63, 3.8) is 0 Å². The van der Waals surface area contributed by atoms with Gasteiger partial charge in [-0.1, -0.05) is 0 Å². The highest BCUT2D eigenvalue weighted by Gasteiger charge is 2.19. The van der Waals surface area contributed by atoms with Gasteiger partial charge in [0.25, 0.3) is 0 Å². The van der Waals surface area contributed by atoms with Gasteiger partial charge in [0.2, 0.25) is 5.91 Å². The molecule has 1 aliphatic heterocycles. The molecule has 5 nitrogen and oxygen atoms in total. The standard InChI is InChI=1S/C11H16N2O3/c1-8-10(16-9(2)12-8)7-11(14)13-3-5-15-6-4-13/h3-7H2,1-2H3. The van der Waals surface area contributed by atoms with Crippen molar-refractivity contribution in [2.45, 2.75) is 20.3 Å². The van der Waals surface area contributed by atoms with Crippen LogP contribution in [0.2, 0.25) is 0 Å². The Morgan fingerprint density at radius 3 is 2.62 bits per heavy atom. The van der Waals surface area contributed by atoms with Crippen molar-refractivity contribution in [2.24, 2.45) is 0 Å². The zero-order valence-corrected chi connectivity index (χ0v) is 9.65. The third kappa shape index (κ3) is 2.41. The molecule has 88 valence electrons. The van der Waals surface area contributed by atoms with Gasteiger partial charge in [0.1, 0.15) is 5.76 Å². The minimum atomic E-state index is 0.0857. The summed E-state index contributed by atoms with van der Waals surface area (Å²) in [6.45, 7) is 6.24. The number of hydrogen-bond acceptors (Lipinski definition) is 4. The van der Waals surface area contributed by atoms with Crippen LogP contribution in [-0.2, 0) is 16.0 Å². The number of ether oxygens (including phenoxy) is 1. The Morgan fingerprint density at radius 2 is 2.06 bits per heavy atom. The zero-order valence-electron chi connectivity index (χ0n) is 9.65. The molecule has 0 saturated carbocycles. The lowest BCUT2D eigenvalue weighted by Crippen LogP contribution is -2.41. The van der Waals surface area contributed by atoms with E-state index < -0.39 is 0 Å². The number of amides is 1. The van der Waals surface area contributed by atoms with Gasteiger partial charge in [-0.05, 0) is 6.92 Å². The summed E-state index contributed by atoms with van der Waals surface area (Å²) in [4.78, 5) is 17.9. The lowest BCUT2D eigenvalue weighted by Gasteiger charge is -2.26. The first-order valence-corrected chi connectivity index (χ1v) is 5.45. The Balaban J connectivity index is 1.98. The van der Waals surface area contributed by atoms with E-state index in [1.165, 1.54) is 0 Å². The predicted molar refractivity (Wildman–Crippen MR) is 57.1 cm³/mol. The molecule has 0 aromatic carbocycles. The number of carbonyl (C=O) groups is 1. The van der Waals surface area contributed by atoms with Crippen LogP contribution in [0.15, 0.2) is 4.42 Å². The molecule has 0 aliphatic carbocycles. The number of carbonyl (C=O) groups excluding carboxylic acids is 1. The first-order valence-electron chi connectivity index (χ1n) is 5.45. The van der Waals surface area contributed by atoms with Gasteiger partial charge in [-0.3, -0.25) is 4.79 Å². The van der Waals surface area contributed by atoms with E-state index in [1.54, 1.807) is 11.8 Å². The molecule has 16 heavy (non-hydrogen) atoms. The van der Waals surface area contributed by atoms with Crippen molar-refractivity contribution in [3.8, 4) is 0 Å². The van der Waals surface area contributed by atoms with Crippen molar-refractivity contribution in [3.05, 3.63) is 17.3 Å². The maximum Gasteiger partial charge on any atom is 0.230 e. The molecular weight excluding hydrogens is 208 g/mol. The third-order valence-corrected chi connectivity index (χ3v) is 2.68. The van der Waals surface area contributed by atoms with Gasteiger partial charge in [-0.2, -0.15) is 0 Å². The minimum absolute atomic E-state index is 0.0857. The summed E-state index contributed by atoms with van der Waals surface area (Å²) in [7, 11) is 0. The number of rotatable bonds is 2. The van der Waals surface area contributed by atoms with Crippen LogP contribution in [0.5, 0.6) is 0 Å². The second kappa shape index (κ2) is 4.65. The van der Waals surface area contributed by atoms with Crippen LogP contribution in [0.1, 0.15) is 17.3 Å². The highest BCUT2D eigenvalue weighted by Crippen LogP contribution is 2.11. The van der Waals surface area contributed by atoms with E-state index in [1.807, 2.05) is 6.92 Å². The van der Waals surface area contributed by atoms with Crippen LogP contribution >= 0.6 is 0 Å². The smallest absolute Gasteiger partial charge is 0.230 e. The Hall–Kier alpha value is -1.36. The minimum Gasteiger partial charge on any atom is -0.445 e. The number of morpholine rings is 1. The average molecular weight is 224 g/mol. The SMILES string of the molecule is Cc1nc(C)c(CC(=O)N2CCOCC2)o1. The fourth-order valence-electron chi connectivity index (χ4n) is 1.80. The van der Waals surface area contributed by atoms with E-state index >= 15 is 0 Å². The van der Waals surface area contributed by atoms with Crippen LogP contribution in [0, 0.1) is 13.8 Å². The molecule has 0 unspecified atom stereocenters. The van der Waals surface area contributed by atoms with Crippen LogP contribution < -0.4 is 0 Å². The maximum atomic E-state index is 11.9. The van der Waals surface area contributed by atoms with E-state index in [0.717, 1.165) is 5.69 Å². The summed E-state index contributed by atoms with van der Waals surface area (Å²) in [5.74, 6) is 1.37. The lowest BCUT2D eigenvalue weighted by atomic mass is 10.2. The van der Waals surface area contributed by atoms with E-state index in [-0.39, 0.29) is 5.91 Å². The Labute approximate surface area is 94.4 Å². The van der Waals surface area contributed by atoms with Crippen LogP contribution in [0.25, 0.3) is 0 Å². The van der Waals surface area contributed by atoms with Gasteiger partial charge < -0.3 is 14.1 Å². The molecule has 0 N–H and O–H groups in total. The molecule has 1 aromatic heterocycles. The summed E-state index contributed by atoms with van der Waals surface area (Å²) in [5, 5.41) is 0. The molecule has 2 rings (SSSR count). The van der Waals surface area contributed by atoms with Crippen molar-refractivity contribution < 1.29 is 13.9 Å². The van der Waals surface area contributed by atoms with Crippen molar-refractivity contribution in [1.82, 2.24) is 9.88 Å². The number of nitrogens with zero attached hydrogens (tertiary/aromatic N) is 2. The zero-order chi connectivity index (χ0) is 11.5. The highest BCUT2D eigenvalue weighted by atomic mass is 16.5. The van der Waals surface area contributed by atoms with E-state index in [4.69, 9.17) is 9.15 Å². The largest absolute Gasteiger partial charge is 0.445 e. The van der Waals surface area contributed by atoms with Crippen LogP contribution in [-0.4, -0.2) is 42.1 Å². The molecule has 1 saturated heterocycles. The van der Waals surface area contributed by atoms with Crippen LogP contribution in [0.4, 0.5) is 0 Å². The fourth-order valence-corrected chi connectivity index (χ4v) is 1.80. The predicted octanol–water partition coefficient (Wildman–Crippen LogP) is 0.693. The molecule has 1 aliphatic rings. The first kappa shape index (κ1) is 11.1. The van der Waals surface area contributed by atoms with E-state index in [9.17, 15) is 4.79 Å². The second-order valence-corrected chi connectivity index (χ2v) is 3.91. The molecule has 1 fully saturated rings. The van der Waals surface area contributed by atoms with Crippen molar-refractivity contribution >= 4 is 5.91 Å². The summed E-state index contributed by atoms with van der Waals surface area (Å²) >= 11 is 0. The van der Waals surface area contributed by atoms with Gasteiger partial charge in [-0.15, -0.1) is 0 Å². The molecule has 1 aromatic rings. The molecule has 0 bridgehead atoms. The van der Waals surface area contributed by atoms with Crippen LogP contribution in [0.3, 0.4) is 0 Å². The normalized spacial score (nSPS) is 16.5. The maximum absolute atomic E-state index is 11.9. The number of hydrogen-bond donors (Lipinski definition) is 0. The van der Waals surface area contributed by atoms with Gasteiger partial charge in [0.15, 0.2) is 5.89 Å². The lowest BCUT2D eigenvalue weighted by molar-refractivity contribution is -0.134. The summed E-state index contributed by atoms with van der Waals surface area (Å²) in [6, 6.07) is 0. The van der Waals surface area contributed by atoms with Crippen molar-refractivity contribution in [1.29, 1.82) is 0 Å². The molecule has 0 spiro atoms. The summed E-state index contributed by atoms with van der Waals surface area (Å²) in [6.07, 6.45) is 0.298. The number of aryl methyl sites for hydroxylation is 2. The van der Waals surface area contributed by atoms with E-state index in [0.29, 0.717) is 44.4 Å². The Morgan fingerprint density at radius 1 is 1.38 bits per heavy atom. The molecule has 2 heterocycles. The molecule has 5 heteroatoms. The summed E-state index contributed by atoms with van der Waals surface area (Å²) in [5.41, 5.74) is 0.805. The average Bonchev–Trinajstić information content (AvgIpc) is 2.59. The first-order chi connectivity index (χ1) is 7.66. The van der Waals surface area contributed by atoms with Gasteiger partial charge in [0.05, 0.1) is 25.3 Å². The Kier molecular flexibility index (Phi) is 3.24. The highest BCUT2D eigenvalue weighted by molar-refractivity contribution is 5.78. The molecular formula is C11H16N2O3. The molecule has 0 atom stereocenters. The van der Waals surface area contributed by atoms with Crippen molar-refractivity contribution in [2.75, 3.05) is 26.3 Å². The quantitative estimate of drug-likeness (QED) is 0.741. The molecule has 0 radical (unpaired) electrons. The van der Waals surface area contributed by atoms with E-state index in [2.05, 4.69) is 4.98 Å². The van der Waals surface area contributed by atoms with Gasteiger partial charge in [-0.25, -0.2) is 4.98 Å². The second-order valence-electron chi connectivity index (χ2n) is 3.91. The van der Waals surface area contributed by atoms with Gasteiger partial charge >= 0.3 is 0 Å². The topological polar surface area (TPSA) is 55.6 Å². The monoisotopic (exact) mass is 224 g/mol. The third-order valence-electron chi connectivity index (χ3n) is 2.68. The fraction of sp³-hybridized carbons (Fsp3) is 0.636. The molecule has 1 amide bonds. The summed E-state index contributed by atoms with van der Waals surface area (Å²) < 4.78 is 10.6. The number of aromatic nitrogens is 1. The Bertz CT molecular complexity index is 381. The van der Waals surface area contributed by atoms with Gasteiger partial charge in [0, 0.05) is 20.0 Å².